The van der Waals surface area contributed by atoms with E-state index in [0.29, 0.717) is 0 Å². The fraction of sp³-hybridized carbons (Fsp3) is 0. The largest absolute Gasteiger partial charge is 0.310 e. The molecule has 0 heterocycles. The molecule has 0 spiro atoms. The predicted molar refractivity (Wildman–Crippen MR) is 226 cm³/mol. The topological polar surface area (TPSA) is 3.24 Å². The molecule has 0 saturated heterocycles. The van der Waals surface area contributed by atoms with E-state index in [1.807, 2.05) is 0 Å². The van der Waals surface area contributed by atoms with Crippen molar-refractivity contribution >= 4 is 27.8 Å². The number of rotatable bonds is 8. The molecular weight excluding hydrogens is 639 g/mol. The molecule has 0 fully saturated rings. The molecule has 0 aliphatic heterocycles. The zero-order valence-electron chi connectivity index (χ0n) is 29.3. The molecule has 0 radical (unpaired) electrons. The standard InChI is InChI=1S/C52H37N/c1-3-14-38(15-4-1)43-20-11-21-44(34-43)41-30-32-49(33-31-41)53(50-25-13-23-46(37-50)47-29-28-40-18-7-8-19-42(40)35-47)52-27-10-9-26-51(52)48-24-12-22-45(36-48)39-16-5-2-6-17-39/h1-37H. The molecule has 0 amide bonds. The lowest BCUT2D eigenvalue weighted by Crippen LogP contribution is -2.11. The van der Waals surface area contributed by atoms with E-state index in [-0.39, 0.29) is 0 Å². The van der Waals surface area contributed by atoms with Crippen molar-refractivity contribution in [2.24, 2.45) is 0 Å². The van der Waals surface area contributed by atoms with Crippen LogP contribution in [0.5, 0.6) is 0 Å². The van der Waals surface area contributed by atoms with Crippen molar-refractivity contribution in [3.8, 4) is 55.6 Å². The van der Waals surface area contributed by atoms with Crippen LogP contribution in [0.3, 0.4) is 0 Å². The number of para-hydroxylation sites is 1. The Morgan fingerprint density at radius 1 is 0.226 bits per heavy atom. The Kier molecular flexibility index (Phi) is 8.66. The SMILES string of the molecule is c1ccc(-c2cccc(-c3ccc(N(c4cccc(-c5ccc6ccccc6c5)c4)c4ccccc4-c4cccc(-c5ccccc5)c4)cc3)c2)cc1. The van der Waals surface area contributed by atoms with Gasteiger partial charge in [0.05, 0.1) is 5.69 Å². The van der Waals surface area contributed by atoms with Gasteiger partial charge in [0, 0.05) is 16.9 Å². The summed E-state index contributed by atoms with van der Waals surface area (Å²) in [6.07, 6.45) is 0. The van der Waals surface area contributed by atoms with Crippen molar-refractivity contribution in [3.05, 3.63) is 224 Å². The van der Waals surface area contributed by atoms with Crippen LogP contribution in [-0.2, 0) is 0 Å². The van der Waals surface area contributed by atoms with Gasteiger partial charge in [-0.25, -0.2) is 0 Å². The fourth-order valence-electron chi connectivity index (χ4n) is 7.34. The lowest BCUT2D eigenvalue weighted by molar-refractivity contribution is 1.28. The summed E-state index contributed by atoms with van der Waals surface area (Å²) in [6.45, 7) is 0. The third kappa shape index (κ3) is 6.65. The molecule has 0 aliphatic rings. The first kappa shape index (κ1) is 32.0. The Morgan fingerprint density at radius 3 is 1.36 bits per heavy atom. The molecule has 0 bridgehead atoms. The van der Waals surface area contributed by atoms with E-state index in [4.69, 9.17) is 0 Å². The normalized spacial score (nSPS) is 11.0. The van der Waals surface area contributed by atoms with Crippen molar-refractivity contribution < 1.29 is 0 Å². The maximum Gasteiger partial charge on any atom is 0.0540 e. The van der Waals surface area contributed by atoms with E-state index in [0.717, 1.165) is 17.1 Å². The van der Waals surface area contributed by atoms with Gasteiger partial charge in [-0.2, -0.15) is 0 Å². The summed E-state index contributed by atoms with van der Waals surface area (Å²) in [7, 11) is 0. The van der Waals surface area contributed by atoms with Gasteiger partial charge in [0.1, 0.15) is 0 Å². The minimum atomic E-state index is 1.09. The van der Waals surface area contributed by atoms with Gasteiger partial charge in [-0.15, -0.1) is 0 Å². The number of benzene rings is 9. The van der Waals surface area contributed by atoms with Crippen molar-refractivity contribution in [1.29, 1.82) is 0 Å². The molecule has 250 valence electrons. The molecular formula is C52H37N. The van der Waals surface area contributed by atoms with Crippen LogP contribution in [0.15, 0.2) is 224 Å². The lowest BCUT2D eigenvalue weighted by atomic mass is 9.96. The van der Waals surface area contributed by atoms with Crippen LogP contribution in [0, 0.1) is 0 Å². The van der Waals surface area contributed by atoms with E-state index in [1.54, 1.807) is 0 Å². The highest BCUT2D eigenvalue weighted by Crippen LogP contribution is 2.43. The molecule has 53 heavy (non-hydrogen) atoms. The minimum Gasteiger partial charge on any atom is -0.310 e. The highest BCUT2D eigenvalue weighted by molar-refractivity contribution is 5.92. The highest BCUT2D eigenvalue weighted by Gasteiger charge is 2.18. The van der Waals surface area contributed by atoms with E-state index in [2.05, 4.69) is 229 Å². The molecule has 9 rings (SSSR count). The second-order valence-corrected chi connectivity index (χ2v) is 13.4. The maximum atomic E-state index is 2.40. The summed E-state index contributed by atoms with van der Waals surface area (Å²) < 4.78 is 0. The zero-order chi connectivity index (χ0) is 35.4. The Morgan fingerprint density at radius 2 is 0.679 bits per heavy atom. The Balaban J connectivity index is 1.16. The highest BCUT2D eigenvalue weighted by atomic mass is 15.1. The molecule has 0 saturated carbocycles. The van der Waals surface area contributed by atoms with Gasteiger partial charge in [-0.3, -0.25) is 0 Å². The van der Waals surface area contributed by atoms with E-state index < -0.39 is 0 Å². The van der Waals surface area contributed by atoms with Gasteiger partial charge in [-0.05, 0) is 109 Å². The van der Waals surface area contributed by atoms with E-state index in [9.17, 15) is 0 Å². The molecule has 1 nitrogen and oxygen atoms in total. The van der Waals surface area contributed by atoms with Crippen LogP contribution in [0.2, 0.25) is 0 Å². The zero-order valence-corrected chi connectivity index (χ0v) is 29.3. The van der Waals surface area contributed by atoms with Crippen LogP contribution in [0.4, 0.5) is 17.1 Å². The summed E-state index contributed by atoms with van der Waals surface area (Å²) >= 11 is 0. The first-order chi connectivity index (χ1) is 26.3. The molecule has 9 aromatic rings. The predicted octanol–water partition coefficient (Wildman–Crippen LogP) is 14.6. The van der Waals surface area contributed by atoms with Gasteiger partial charge >= 0.3 is 0 Å². The summed E-state index contributed by atoms with van der Waals surface area (Å²) in [6, 6.07) is 80.9. The molecule has 9 aromatic carbocycles. The van der Waals surface area contributed by atoms with Crippen LogP contribution < -0.4 is 4.90 Å². The third-order valence-electron chi connectivity index (χ3n) is 10.0. The molecule has 0 N–H and O–H groups in total. The summed E-state index contributed by atoms with van der Waals surface area (Å²) in [5, 5.41) is 2.48. The lowest BCUT2D eigenvalue weighted by Gasteiger charge is -2.28. The third-order valence-corrected chi connectivity index (χ3v) is 10.0. The summed E-state index contributed by atoms with van der Waals surface area (Å²) in [4.78, 5) is 2.40. The summed E-state index contributed by atoms with van der Waals surface area (Å²) in [5.74, 6) is 0. The number of fused-ring (bicyclic) bond motifs is 1. The smallest absolute Gasteiger partial charge is 0.0540 e. The average Bonchev–Trinajstić information content (AvgIpc) is 3.25. The van der Waals surface area contributed by atoms with Crippen molar-refractivity contribution in [3.63, 3.8) is 0 Å². The first-order valence-electron chi connectivity index (χ1n) is 18.2. The van der Waals surface area contributed by atoms with Gasteiger partial charge in [0.2, 0.25) is 0 Å². The van der Waals surface area contributed by atoms with E-state index >= 15 is 0 Å². The van der Waals surface area contributed by atoms with Crippen molar-refractivity contribution in [1.82, 2.24) is 0 Å². The van der Waals surface area contributed by atoms with Crippen LogP contribution >= 0.6 is 0 Å². The van der Waals surface area contributed by atoms with Gasteiger partial charge in [0.15, 0.2) is 0 Å². The second-order valence-electron chi connectivity index (χ2n) is 13.4. The number of anilines is 3. The van der Waals surface area contributed by atoms with E-state index in [1.165, 1.54) is 66.4 Å². The van der Waals surface area contributed by atoms with Gasteiger partial charge in [0.25, 0.3) is 0 Å². The minimum absolute atomic E-state index is 1.09. The number of hydrogen-bond acceptors (Lipinski definition) is 1. The van der Waals surface area contributed by atoms with Crippen molar-refractivity contribution in [2.75, 3.05) is 4.90 Å². The quantitative estimate of drug-likeness (QED) is 0.155. The van der Waals surface area contributed by atoms with Crippen LogP contribution in [0.25, 0.3) is 66.4 Å². The Labute approximate surface area is 311 Å². The monoisotopic (exact) mass is 675 g/mol. The molecule has 0 aromatic heterocycles. The Bertz CT molecular complexity index is 2660. The molecule has 0 atom stereocenters. The number of hydrogen-bond donors (Lipinski definition) is 0. The second kappa shape index (κ2) is 14.3. The molecule has 0 aliphatic carbocycles. The van der Waals surface area contributed by atoms with Crippen LogP contribution in [0.1, 0.15) is 0 Å². The maximum absolute atomic E-state index is 2.40. The van der Waals surface area contributed by atoms with Gasteiger partial charge in [-0.1, -0.05) is 176 Å². The van der Waals surface area contributed by atoms with Crippen LogP contribution in [-0.4, -0.2) is 0 Å². The number of nitrogens with zero attached hydrogens (tertiary/aromatic N) is 1. The first-order valence-corrected chi connectivity index (χ1v) is 18.2. The van der Waals surface area contributed by atoms with Gasteiger partial charge < -0.3 is 4.90 Å². The molecule has 1 heteroatoms. The van der Waals surface area contributed by atoms with Crippen molar-refractivity contribution in [2.45, 2.75) is 0 Å². The Hall–Kier alpha value is -6.96. The fourth-order valence-corrected chi connectivity index (χ4v) is 7.34. The summed E-state index contributed by atoms with van der Waals surface area (Å²) in [5.41, 5.74) is 15.2. The molecule has 0 unspecified atom stereocenters. The average molecular weight is 676 g/mol.